The quantitative estimate of drug-likeness (QED) is 0.912. The van der Waals surface area contributed by atoms with Gasteiger partial charge in [0.15, 0.2) is 0 Å². The molecule has 0 bridgehead atoms. The van der Waals surface area contributed by atoms with Gasteiger partial charge >= 0.3 is 0 Å². The van der Waals surface area contributed by atoms with Crippen molar-refractivity contribution in [3.8, 4) is 0 Å². The molecule has 2 fully saturated rings. The Morgan fingerprint density at radius 2 is 2.14 bits per heavy atom. The van der Waals surface area contributed by atoms with Crippen molar-refractivity contribution in [1.29, 1.82) is 0 Å². The van der Waals surface area contributed by atoms with E-state index in [9.17, 15) is 9.59 Å². The van der Waals surface area contributed by atoms with Crippen LogP contribution in [0, 0.1) is 0 Å². The highest BCUT2D eigenvalue weighted by molar-refractivity contribution is 8.01. The van der Waals surface area contributed by atoms with E-state index in [0.29, 0.717) is 12.2 Å². The van der Waals surface area contributed by atoms with Crippen molar-refractivity contribution < 1.29 is 9.59 Å². The summed E-state index contributed by atoms with van der Waals surface area (Å²) in [6.07, 6.45) is 4.85. The molecule has 2 aliphatic heterocycles. The van der Waals surface area contributed by atoms with Crippen LogP contribution in [0.3, 0.4) is 0 Å². The molecule has 2 amide bonds. The summed E-state index contributed by atoms with van der Waals surface area (Å²) in [7, 11) is 0. The number of benzene rings is 1. The van der Waals surface area contributed by atoms with Gasteiger partial charge in [0.25, 0.3) is 0 Å². The molecular formula is C17H20N2O2S. The number of carbonyl (C=O) groups is 2. The number of anilines is 1. The van der Waals surface area contributed by atoms with Crippen molar-refractivity contribution in [3.63, 3.8) is 0 Å². The van der Waals surface area contributed by atoms with Gasteiger partial charge in [0, 0.05) is 17.9 Å². The monoisotopic (exact) mass is 316 g/mol. The molecule has 5 heteroatoms. The highest BCUT2D eigenvalue weighted by Crippen LogP contribution is 2.47. The van der Waals surface area contributed by atoms with E-state index >= 15 is 0 Å². The summed E-state index contributed by atoms with van der Waals surface area (Å²) >= 11 is 1.73. The maximum absolute atomic E-state index is 12.6. The Bertz CT molecular complexity index is 660. The molecule has 4 rings (SSSR count). The molecule has 1 N–H and O–H groups in total. The molecule has 116 valence electrons. The molecule has 2 saturated heterocycles. The third-order valence-corrected chi connectivity index (χ3v) is 6.62. The lowest BCUT2D eigenvalue weighted by atomic mass is 10.1. The number of hydrogen-bond donors (Lipinski definition) is 1. The first-order valence-corrected chi connectivity index (χ1v) is 8.94. The van der Waals surface area contributed by atoms with Gasteiger partial charge in [-0.15, -0.1) is 11.8 Å². The van der Waals surface area contributed by atoms with Gasteiger partial charge in [-0.05, 0) is 55.9 Å². The minimum atomic E-state index is -0.335. The average molecular weight is 316 g/mol. The molecule has 0 saturated carbocycles. The summed E-state index contributed by atoms with van der Waals surface area (Å²) in [6.45, 7) is 2.07. The number of aryl methyl sites for hydroxylation is 2. The summed E-state index contributed by atoms with van der Waals surface area (Å²) in [5.74, 6) is 0.755. The predicted octanol–water partition coefficient (Wildman–Crippen LogP) is 2.57. The largest absolute Gasteiger partial charge is 0.324 e. The number of fused-ring (bicyclic) bond motifs is 2. The van der Waals surface area contributed by atoms with Gasteiger partial charge in [0.2, 0.25) is 11.8 Å². The minimum Gasteiger partial charge on any atom is -0.324 e. The van der Waals surface area contributed by atoms with Crippen LogP contribution in [0.15, 0.2) is 18.2 Å². The number of amides is 2. The Morgan fingerprint density at radius 1 is 1.32 bits per heavy atom. The number of nitrogens with one attached hydrogen (secondary N) is 1. The van der Waals surface area contributed by atoms with E-state index in [1.807, 2.05) is 6.07 Å². The second-order valence-corrected chi connectivity index (χ2v) is 8.09. The van der Waals surface area contributed by atoms with Gasteiger partial charge < -0.3 is 10.2 Å². The first-order chi connectivity index (χ1) is 10.6. The van der Waals surface area contributed by atoms with Crippen LogP contribution in [0.1, 0.15) is 37.3 Å². The molecule has 1 aliphatic carbocycles. The molecule has 2 heterocycles. The molecule has 2 atom stereocenters. The molecule has 4 nitrogen and oxygen atoms in total. The maximum atomic E-state index is 12.6. The fourth-order valence-electron chi connectivity index (χ4n) is 3.89. The summed E-state index contributed by atoms with van der Waals surface area (Å²) in [5.41, 5.74) is 3.60. The third-order valence-electron chi connectivity index (χ3n) is 5.11. The Balaban J connectivity index is 1.52. The van der Waals surface area contributed by atoms with Crippen LogP contribution in [-0.4, -0.2) is 33.4 Å². The van der Waals surface area contributed by atoms with Crippen molar-refractivity contribution in [2.45, 2.75) is 49.9 Å². The normalized spacial score (nSPS) is 29.6. The van der Waals surface area contributed by atoms with Gasteiger partial charge in [-0.2, -0.15) is 0 Å². The molecule has 0 radical (unpaired) electrons. The summed E-state index contributed by atoms with van der Waals surface area (Å²) in [6, 6.07) is 5.85. The van der Waals surface area contributed by atoms with E-state index in [0.717, 1.165) is 24.9 Å². The number of hydrogen-bond acceptors (Lipinski definition) is 3. The van der Waals surface area contributed by atoms with Crippen molar-refractivity contribution in [1.82, 2.24) is 4.90 Å². The zero-order valence-corrected chi connectivity index (χ0v) is 13.5. The number of rotatable bonds is 2. The van der Waals surface area contributed by atoms with Crippen molar-refractivity contribution in [3.05, 3.63) is 29.3 Å². The molecule has 1 aromatic carbocycles. The van der Waals surface area contributed by atoms with Crippen LogP contribution in [0.4, 0.5) is 5.69 Å². The van der Waals surface area contributed by atoms with Crippen LogP contribution in [0.25, 0.3) is 0 Å². The molecule has 1 aromatic rings. The summed E-state index contributed by atoms with van der Waals surface area (Å²) in [4.78, 5) is 26.4. The number of thioether (sulfide) groups is 1. The van der Waals surface area contributed by atoms with Crippen molar-refractivity contribution >= 4 is 29.3 Å². The van der Waals surface area contributed by atoms with E-state index in [-0.39, 0.29) is 22.7 Å². The fourth-order valence-corrected chi connectivity index (χ4v) is 5.32. The first-order valence-electron chi connectivity index (χ1n) is 7.96. The lowest BCUT2D eigenvalue weighted by Crippen LogP contribution is -2.48. The van der Waals surface area contributed by atoms with Gasteiger partial charge in [-0.3, -0.25) is 9.59 Å². The van der Waals surface area contributed by atoms with Gasteiger partial charge in [-0.1, -0.05) is 6.07 Å². The topological polar surface area (TPSA) is 49.4 Å². The highest BCUT2D eigenvalue weighted by atomic mass is 32.2. The third kappa shape index (κ3) is 2.14. The average Bonchev–Trinajstić information content (AvgIpc) is 3.15. The molecule has 0 unspecified atom stereocenters. The Morgan fingerprint density at radius 3 is 3.00 bits per heavy atom. The van der Waals surface area contributed by atoms with Crippen LogP contribution >= 0.6 is 11.8 Å². The maximum Gasteiger partial charge on any atom is 0.248 e. The van der Waals surface area contributed by atoms with Crippen molar-refractivity contribution in [2.75, 3.05) is 11.1 Å². The number of nitrogens with zero attached hydrogens (tertiary/aromatic N) is 1. The fraction of sp³-hybridized carbons (Fsp3) is 0.529. The van der Waals surface area contributed by atoms with Gasteiger partial charge in [0.05, 0.1) is 4.87 Å². The highest BCUT2D eigenvalue weighted by Gasteiger charge is 2.52. The zero-order valence-electron chi connectivity index (χ0n) is 12.7. The minimum absolute atomic E-state index is 0.0515. The molecule has 0 aromatic heterocycles. The smallest absolute Gasteiger partial charge is 0.248 e. The zero-order chi connectivity index (χ0) is 15.3. The van der Waals surface area contributed by atoms with Crippen LogP contribution in [0.5, 0.6) is 0 Å². The standard InChI is InChI=1S/C17H20N2O2S/c1-17-8-7-15(20)19(17)14(10-22-17)16(21)18-13-6-5-11-3-2-4-12(11)9-13/h5-6,9,14H,2-4,7-8,10H2,1H3,(H,18,21)/t14-,17-/m0/s1. The second-order valence-electron chi connectivity index (χ2n) is 6.59. The lowest BCUT2D eigenvalue weighted by molar-refractivity contribution is -0.135. The molecular weight excluding hydrogens is 296 g/mol. The van der Waals surface area contributed by atoms with E-state index in [2.05, 4.69) is 24.4 Å². The first kappa shape index (κ1) is 14.1. The second kappa shape index (κ2) is 5.01. The predicted molar refractivity (Wildman–Crippen MR) is 87.8 cm³/mol. The molecule has 3 aliphatic rings. The SMILES string of the molecule is C[C@]12CCC(=O)N1[C@H](C(=O)Nc1ccc3c(c1)CCC3)CS2. The molecule has 22 heavy (non-hydrogen) atoms. The van der Waals surface area contributed by atoms with Gasteiger partial charge in [0.1, 0.15) is 6.04 Å². The van der Waals surface area contributed by atoms with Crippen LogP contribution in [-0.2, 0) is 22.4 Å². The van der Waals surface area contributed by atoms with E-state index in [1.165, 1.54) is 17.5 Å². The lowest BCUT2D eigenvalue weighted by Gasteiger charge is -2.29. The van der Waals surface area contributed by atoms with E-state index < -0.39 is 0 Å². The Hall–Kier alpha value is -1.49. The van der Waals surface area contributed by atoms with Crippen LogP contribution < -0.4 is 5.32 Å². The van der Waals surface area contributed by atoms with Gasteiger partial charge in [-0.25, -0.2) is 0 Å². The van der Waals surface area contributed by atoms with Crippen LogP contribution in [0.2, 0.25) is 0 Å². The number of carbonyl (C=O) groups excluding carboxylic acids is 2. The molecule has 0 spiro atoms. The summed E-state index contributed by atoms with van der Waals surface area (Å²) in [5, 5.41) is 3.02. The Kier molecular flexibility index (Phi) is 3.22. The Labute approximate surface area is 134 Å². The van der Waals surface area contributed by atoms with E-state index in [1.54, 1.807) is 16.7 Å². The van der Waals surface area contributed by atoms with Crippen molar-refractivity contribution in [2.24, 2.45) is 0 Å². The summed E-state index contributed by atoms with van der Waals surface area (Å²) < 4.78 is 0. The van der Waals surface area contributed by atoms with E-state index in [4.69, 9.17) is 0 Å².